The van der Waals surface area contributed by atoms with Gasteiger partial charge in [-0.1, -0.05) is 18.2 Å². The largest absolute Gasteiger partial charge is 0.476 e. The molecule has 0 spiro atoms. The van der Waals surface area contributed by atoms with Crippen LogP contribution in [-0.2, 0) is 6.54 Å². The van der Waals surface area contributed by atoms with Crippen molar-refractivity contribution in [3.63, 3.8) is 0 Å². The number of aryl methyl sites for hydroxylation is 1. The Hall–Kier alpha value is -2.67. The van der Waals surface area contributed by atoms with Crippen LogP contribution in [0.4, 0.5) is 0 Å². The molecule has 6 nitrogen and oxygen atoms in total. The van der Waals surface area contributed by atoms with Gasteiger partial charge < -0.3 is 14.8 Å². The molecule has 0 aliphatic carbocycles. The summed E-state index contributed by atoms with van der Waals surface area (Å²) in [5.74, 6) is -1.17. The van der Waals surface area contributed by atoms with E-state index in [0.29, 0.717) is 10.6 Å². The molecule has 0 aliphatic rings. The van der Waals surface area contributed by atoms with E-state index in [2.05, 4.69) is 10.3 Å². The smallest absolute Gasteiger partial charge is 0.355 e. The van der Waals surface area contributed by atoms with E-state index in [1.807, 2.05) is 25.1 Å². The molecule has 2 heterocycles. The summed E-state index contributed by atoms with van der Waals surface area (Å²) in [5.41, 5.74) is 1.42. The molecule has 0 unspecified atom stereocenters. The second kappa shape index (κ2) is 5.61. The van der Waals surface area contributed by atoms with Gasteiger partial charge in [0.15, 0.2) is 11.5 Å². The van der Waals surface area contributed by atoms with Crippen LogP contribution in [0.1, 0.15) is 31.6 Å². The lowest BCUT2D eigenvalue weighted by molar-refractivity contribution is 0.0691. The van der Waals surface area contributed by atoms with E-state index in [1.165, 1.54) is 16.7 Å². The Morgan fingerprint density at radius 3 is 2.82 bits per heavy atom. The second-order valence-corrected chi connectivity index (χ2v) is 5.61. The van der Waals surface area contributed by atoms with Crippen LogP contribution in [0.25, 0.3) is 11.0 Å². The number of para-hydroxylation sites is 1. The first-order valence-electron chi connectivity index (χ1n) is 6.50. The maximum Gasteiger partial charge on any atom is 0.355 e. The summed E-state index contributed by atoms with van der Waals surface area (Å²) in [4.78, 5) is 26.9. The molecule has 0 radical (unpaired) electrons. The van der Waals surface area contributed by atoms with E-state index in [9.17, 15) is 9.59 Å². The standard InChI is InChI=1S/C15H12N2O4S/c1-8-9-4-2-3-5-11(9)21-13(8)14(18)16-6-12-17-10(7-22-12)15(19)20/h2-5,7H,6H2,1H3,(H,16,18)(H,19,20). The number of fused-ring (bicyclic) bond motifs is 1. The van der Waals surface area contributed by atoms with E-state index in [1.54, 1.807) is 6.07 Å². The Kier molecular flexibility index (Phi) is 3.64. The highest BCUT2D eigenvalue weighted by molar-refractivity contribution is 7.09. The van der Waals surface area contributed by atoms with Crippen molar-refractivity contribution in [3.8, 4) is 0 Å². The van der Waals surface area contributed by atoms with Crippen LogP contribution < -0.4 is 5.32 Å². The van der Waals surface area contributed by atoms with Crippen molar-refractivity contribution in [3.05, 3.63) is 51.7 Å². The van der Waals surface area contributed by atoms with Crippen molar-refractivity contribution in [1.29, 1.82) is 0 Å². The number of carbonyl (C=O) groups excluding carboxylic acids is 1. The zero-order valence-corrected chi connectivity index (χ0v) is 12.4. The first kappa shape index (κ1) is 14.3. The number of thiazole rings is 1. The van der Waals surface area contributed by atoms with Gasteiger partial charge in [-0.2, -0.15) is 0 Å². The van der Waals surface area contributed by atoms with Gasteiger partial charge in [0, 0.05) is 16.3 Å². The molecular formula is C15H12N2O4S. The van der Waals surface area contributed by atoms with Crippen LogP contribution in [0, 0.1) is 6.92 Å². The number of amides is 1. The highest BCUT2D eigenvalue weighted by atomic mass is 32.1. The summed E-state index contributed by atoms with van der Waals surface area (Å²) in [6.45, 7) is 1.99. The molecule has 2 aromatic heterocycles. The molecule has 0 aliphatic heterocycles. The molecule has 0 saturated carbocycles. The lowest BCUT2D eigenvalue weighted by Gasteiger charge is -2.01. The van der Waals surface area contributed by atoms with E-state index >= 15 is 0 Å². The van der Waals surface area contributed by atoms with Crippen LogP contribution in [0.5, 0.6) is 0 Å². The number of carboxylic acid groups (broad SMARTS) is 1. The summed E-state index contributed by atoms with van der Waals surface area (Å²) < 4.78 is 5.57. The van der Waals surface area contributed by atoms with Gasteiger partial charge >= 0.3 is 5.97 Å². The minimum Gasteiger partial charge on any atom is -0.476 e. The molecular weight excluding hydrogens is 304 g/mol. The predicted octanol–water partition coefficient (Wildman–Crippen LogP) is 2.83. The summed E-state index contributed by atoms with van der Waals surface area (Å²) in [6, 6.07) is 7.43. The molecule has 0 bridgehead atoms. The molecule has 0 saturated heterocycles. The number of nitrogens with zero attached hydrogens (tertiary/aromatic N) is 1. The minimum absolute atomic E-state index is 0.0193. The van der Waals surface area contributed by atoms with Gasteiger partial charge in [0.2, 0.25) is 0 Å². The quantitative estimate of drug-likeness (QED) is 0.772. The Morgan fingerprint density at radius 2 is 2.14 bits per heavy atom. The third-order valence-corrected chi connectivity index (χ3v) is 4.07. The summed E-state index contributed by atoms with van der Waals surface area (Å²) in [5, 5.41) is 14.4. The fourth-order valence-corrected chi connectivity index (χ4v) is 2.83. The molecule has 1 amide bonds. The summed E-state index contributed by atoms with van der Waals surface area (Å²) >= 11 is 1.19. The predicted molar refractivity (Wildman–Crippen MR) is 81.2 cm³/mol. The fraction of sp³-hybridized carbons (Fsp3) is 0.133. The summed E-state index contributed by atoms with van der Waals surface area (Å²) in [7, 11) is 0. The average Bonchev–Trinajstić information content (AvgIpc) is 3.11. The Labute approximate surface area is 129 Å². The molecule has 22 heavy (non-hydrogen) atoms. The van der Waals surface area contributed by atoms with Crippen molar-refractivity contribution in [1.82, 2.24) is 10.3 Å². The number of furan rings is 1. The van der Waals surface area contributed by atoms with Crippen LogP contribution >= 0.6 is 11.3 Å². The number of carbonyl (C=O) groups is 2. The SMILES string of the molecule is Cc1c(C(=O)NCc2nc(C(=O)O)cs2)oc2ccccc12. The fourth-order valence-electron chi connectivity index (χ4n) is 2.12. The van der Waals surface area contributed by atoms with Crippen molar-refractivity contribution < 1.29 is 19.1 Å². The first-order chi connectivity index (χ1) is 10.6. The number of carboxylic acids is 1. The van der Waals surface area contributed by atoms with Gasteiger partial charge in [-0.25, -0.2) is 9.78 Å². The monoisotopic (exact) mass is 316 g/mol. The zero-order valence-electron chi connectivity index (χ0n) is 11.6. The van der Waals surface area contributed by atoms with E-state index < -0.39 is 5.97 Å². The summed E-state index contributed by atoms with van der Waals surface area (Å²) in [6.07, 6.45) is 0. The zero-order chi connectivity index (χ0) is 15.7. The number of benzene rings is 1. The Morgan fingerprint density at radius 1 is 1.36 bits per heavy atom. The van der Waals surface area contributed by atoms with Gasteiger partial charge in [-0.3, -0.25) is 4.79 Å². The van der Waals surface area contributed by atoms with Crippen molar-refractivity contribution >= 4 is 34.2 Å². The number of aromatic carboxylic acids is 1. The molecule has 3 rings (SSSR count). The van der Waals surface area contributed by atoms with Crippen molar-refractivity contribution in [2.24, 2.45) is 0 Å². The first-order valence-corrected chi connectivity index (χ1v) is 7.38. The number of hydrogen-bond donors (Lipinski definition) is 2. The lowest BCUT2D eigenvalue weighted by Crippen LogP contribution is -2.23. The lowest BCUT2D eigenvalue weighted by atomic mass is 10.1. The number of aromatic nitrogens is 1. The van der Waals surface area contributed by atoms with Crippen LogP contribution in [0.3, 0.4) is 0 Å². The maximum atomic E-state index is 12.2. The van der Waals surface area contributed by atoms with Crippen molar-refractivity contribution in [2.75, 3.05) is 0 Å². The molecule has 7 heteroatoms. The third-order valence-electron chi connectivity index (χ3n) is 3.22. The molecule has 112 valence electrons. The Balaban J connectivity index is 1.75. The molecule has 2 N–H and O–H groups in total. The van der Waals surface area contributed by atoms with E-state index in [0.717, 1.165) is 10.9 Å². The number of hydrogen-bond acceptors (Lipinski definition) is 5. The maximum absolute atomic E-state index is 12.2. The molecule has 0 fully saturated rings. The van der Waals surface area contributed by atoms with Crippen molar-refractivity contribution in [2.45, 2.75) is 13.5 Å². The van der Waals surface area contributed by atoms with E-state index in [4.69, 9.17) is 9.52 Å². The Bertz CT molecular complexity index is 865. The second-order valence-electron chi connectivity index (χ2n) is 4.67. The average molecular weight is 316 g/mol. The van der Waals surface area contributed by atoms with Gasteiger partial charge in [0.1, 0.15) is 10.6 Å². The van der Waals surface area contributed by atoms with Crippen LogP contribution in [0.15, 0.2) is 34.1 Å². The third kappa shape index (κ3) is 2.58. The number of nitrogens with one attached hydrogen (secondary N) is 1. The minimum atomic E-state index is -1.08. The normalized spacial score (nSPS) is 10.8. The van der Waals surface area contributed by atoms with Gasteiger partial charge in [-0.15, -0.1) is 11.3 Å². The van der Waals surface area contributed by atoms with Gasteiger partial charge in [0.05, 0.1) is 6.54 Å². The van der Waals surface area contributed by atoms with E-state index in [-0.39, 0.29) is 23.9 Å². The topological polar surface area (TPSA) is 92.4 Å². The highest BCUT2D eigenvalue weighted by Crippen LogP contribution is 2.24. The number of rotatable bonds is 4. The molecule has 1 aromatic carbocycles. The molecule has 3 aromatic rings. The van der Waals surface area contributed by atoms with Gasteiger partial charge in [0.25, 0.3) is 5.91 Å². The van der Waals surface area contributed by atoms with Gasteiger partial charge in [-0.05, 0) is 13.0 Å². The van der Waals surface area contributed by atoms with Crippen LogP contribution in [0.2, 0.25) is 0 Å². The highest BCUT2D eigenvalue weighted by Gasteiger charge is 2.17. The van der Waals surface area contributed by atoms with Crippen LogP contribution in [-0.4, -0.2) is 22.0 Å². The molecule has 0 atom stereocenters.